The number of halogens is 1. The summed E-state index contributed by atoms with van der Waals surface area (Å²) in [4.78, 5) is 9.53. The molecule has 0 atom stereocenters. The zero-order valence-corrected chi connectivity index (χ0v) is 17.0. The van der Waals surface area contributed by atoms with Crippen molar-refractivity contribution in [2.75, 3.05) is 4.72 Å². The molecule has 29 heavy (non-hydrogen) atoms. The number of sulfonamides is 1. The highest BCUT2D eigenvalue weighted by atomic mass is 32.2. The molecule has 0 unspecified atom stereocenters. The van der Waals surface area contributed by atoms with Gasteiger partial charge in [-0.2, -0.15) is 4.98 Å². The maximum Gasteiger partial charge on any atom is 0.268 e. The number of benzene rings is 1. The molecule has 4 rings (SSSR count). The van der Waals surface area contributed by atoms with Crippen LogP contribution in [0.25, 0.3) is 22.2 Å². The molecule has 4 aromatic rings. The molecule has 1 aromatic carbocycles. The fourth-order valence-corrected chi connectivity index (χ4v) is 5.18. The molecule has 7 nitrogen and oxygen atoms in total. The summed E-state index contributed by atoms with van der Waals surface area (Å²) in [5.41, 5.74) is 1.48. The zero-order valence-electron chi connectivity index (χ0n) is 15.4. The second kappa shape index (κ2) is 7.37. The van der Waals surface area contributed by atoms with Gasteiger partial charge in [0, 0.05) is 16.6 Å². The van der Waals surface area contributed by atoms with Gasteiger partial charge in [0.2, 0.25) is 5.82 Å². The zero-order chi connectivity index (χ0) is 20.6. The van der Waals surface area contributed by atoms with Crippen LogP contribution in [0.4, 0.5) is 10.2 Å². The van der Waals surface area contributed by atoms with Gasteiger partial charge in [-0.25, -0.2) is 17.8 Å². The van der Waals surface area contributed by atoms with Crippen LogP contribution in [-0.4, -0.2) is 23.5 Å². The topological polar surface area (TPSA) is 98.0 Å². The number of hydrogen-bond acceptors (Lipinski definition) is 7. The fourth-order valence-electron chi connectivity index (χ4n) is 2.66. The van der Waals surface area contributed by atoms with E-state index in [1.165, 1.54) is 47.9 Å². The van der Waals surface area contributed by atoms with Crippen LogP contribution < -0.4 is 4.72 Å². The van der Waals surface area contributed by atoms with Gasteiger partial charge in [-0.3, -0.25) is 4.72 Å². The van der Waals surface area contributed by atoms with E-state index >= 15 is 0 Å². The molecule has 0 aliphatic carbocycles. The Labute approximate surface area is 170 Å². The Hall–Kier alpha value is -3.11. The highest BCUT2D eigenvalue weighted by Crippen LogP contribution is 2.34. The molecule has 0 radical (unpaired) electrons. The molecule has 0 saturated heterocycles. The predicted octanol–water partition coefficient (Wildman–Crippen LogP) is 4.42. The van der Waals surface area contributed by atoms with Gasteiger partial charge < -0.3 is 4.52 Å². The Morgan fingerprint density at radius 3 is 2.59 bits per heavy atom. The summed E-state index contributed by atoms with van der Waals surface area (Å²) in [5.74, 6) is 0.357. The summed E-state index contributed by atoms with van der Waals surface area (Å²) in [6.45, 7) is 3.55. The number of aromatic nitrogens is 3. The van der Waals surface area contributed by atoms with Crippen molar-refractivity contribution in [2.45, 2.75) is 18.7 Å². The first-order valence-corrected chi connectivity index (χ1v) is 10.8. The van der Waals surface area contributed by atoms with E-state index in [-0.39, 0.29) is 28.2 Å². The number of thiophene rings is 1. The lowest BCUT2D eigenvalue weighted by atomic mass is 10.2. The van der Waals surface area contributed by atoms with Crippen molar-refractivity contribution in [1.29, 1.82) is 0 Å². The minimum Gasteiger partial charge on any atom is -0.333 e. The average molecular weight is 430 g/mol. The summed E-state index contributed by atoms with van der Waals surface area (Å²) in [7, 11) is -3.83. The Bertz CT molecular complexity index is 1280. The van der Waals surface area contributed by atoms with Crippen LogP contribution in [-0.2, 0) is 10.0 Å². The number of aryl methyl sites for hydroxylation is 2. The van der Waals surface area contributed by atoms with E-state index in [0.29, 0.717) is 15.3 Å². The van der Waals surface area contributed by atoms with Gasteiger partial charge >= 0.3 is 0 Å². The molecule has 0 aliphatic heterocycles. The first kappa shape index (κ1) is 19.2. The molecule has 10 heteroatoms. The largest absolute Gasteiger partial charge is 0.333 e. The van der Waals surface area contributed by atoms with Crippen molar-refractivity contribution in [1.82, 2.24) is 15.1 Å². The number of hydrogen-bond donors (Lipinski definition) is 1. The van der Waals surface area contributed by atoms with Crippen LogP contribution >= 0.6 is 11.3 Å². The van der Waals surface area contributed by atoms with Crippen molar-refractivity contribution in [3.05, 3.63) is 64.9 Å². The summed E-state index contributed by atoms with van der Waals surface area (Å²) >= 11 is 1.22. The standard InChI is InChI=1S/C19H15FN4O3S2/c1-11-7-8-21-17(9-11)24-29(25,26)16-10-15(28-12(16)2)19-22-18(23-27-19)13-3-5-14(20)6-4-13/h3-10H,1-2H3,(H,21,24). The average Bonchev–Trinajstić information content (AvgIpc) is 3.29. The van der Waals surface area contributed by atoms with E-state index in [0.717, 1.165) is 5.56 Å². The molecular weight excluding hydrogens is 415 g/mol. The van der Waals surface area contributed by atoms with Crippen molar-refractivity contribution < 1.29 is 17.3 Å². The highest BCUT2D eigenvalue weighted by Gasteiger charge is 2.23. The van der Waals surface area contributed by atoms with Crippen LogP contribution in [0.5, 0.6) is 0 Å². The third kappa shape index (κ3) is 4.03. The molecule has 0 fully saturated rings. The van der Waals surface area contributed by atoms with E-state index in [1.54, 1.807) is 19.1 Å². The van der Waals surface area contributed by atoms with Crippen LogP contribution in [0.15, 0.2) is 58.1 Å². The lowest BCUT2D eigenvalue weighted by molar-refractivity contribution is 0.433. The van der Waals surface area contributed by atoms with Crippen LogP contribution in [0.2, 0.25) is 0 Å². The van der Waals surface area contributed by atoms with E-state index in [2.05, 4.69) is 19.8 Å². The monoisotopic (exact) mass is 430 g/mol. The Balaban J connectivity index is 1.63. The van der Waals surface area contributed by atoms with Crippen molar-refractivity contribution in [3.8, 4) is 22.2 Å². The number of pyridine rings is 1. The maximum atomic E-state index is 13.1. The van der Waals surface area contributed by atoms with Crippen molar-refractivity contribution in [2.24, 2.45) is 0 Å². The molecule has 0 spiro atoms. The third-order valence-corrected chi connectivity index (χ3v) is 6.70. The smallest absolute Gasteiger partial charge is 0.268 e. The van der Waals surface area contributed by atoms with Crippen molar-refractivity contribution >= 4 is 27.2 Å². The lowest BCUT2D eigenvalue weighted by Gasteiger charge is -2.07. The molecular formula is C19H15FN4O3S2. The second-order valence-electron chi connectivity index (χ2n) is 6.29. The summed E-state index contributed by atoms with van der Waals surface area (Å²) in [5, 5.41) is 3.89. The minimum atomic E-state index is -3.83. The fraction of sp³-hybridized carbons (Fsp3) is 0.105. The normalized spacial score (nSPS) is 11.6. The minimum absolute atomic E-state index is 0.113. The van der Waals surface area contributed by atoms with Crippen molar-refractivity contribution in [3.63, 3.8) is 0 Å². The number of nitrogens with zero attached hydrogens (tertiary/aromatic N) is 3. The van der Waals surface area contributed by atoms with Gasteiger partial charge in [-0.15, -0.1) is 11.3 Å². The molecule has 0 aliphatic rings. The molecule has 3 heterocycles. The van der Waals surface area contributed by atoms with Gasteiger partial charge in [0.1, 0.15) is 16.5 Å². The van der Waals surface area contributed by atoms with Crippen LogP contribution in [0, 0.1) is 19.7 Å². The van der Waals surface area contributed by atoms with Gasteiger partial charge in [-0.05, 0) is 61.9 Å². The van der Waals surface area contributed by atoms with E-state index in [1.807, 2.05) is 6.92 Å². The summed E-state index contributed by atoms with van der Waals surface area (Å²) < 4.78 is 46.4. The van der Waals surface area contributed by atoms with Crippen LogP contribution in [0.3, 0.4) is 0 Å². The third-order valence-electron chi connectivity index (χ3n) is 4.06. The molecule has 0 saturated carbocycles. The van der Waals surface area contributed by atoms with Gasteiger partial charge in [0.25, 0.3) is 15.9 Å². The van der Waals surface area contributed by atoms with Gasteiger partial charge in [0.05, 0.1) is 4.88 Å². The lowest BCUT2D eigenvalue weighted by Crippen LogP contribution is -2.14. The van der Waals surface area contributed by atoms with E-state index in [9.17, 15) is 12.8 Å². The SMILES string of the molecule is Cc1ccnc(NS(=O)(=O)c2cc(-c3nc(-c4ccc(F)cc4)no3)sc2C)c1. The molecule has 1 N–H and O–H groups in total. The first-order valence-electron chi connectivity index (χ1n) is 8.48. The Morgan fingerprint density at radius 2 is 1.86 bits per heavy atom. The summed E-state index contributed by atoms with van der Waals surface area (Å²) in [6.07, 6.45) is 1.54. The predicted molar refractivity (Wildman–Crippen MR) is 108 cm³/mol. The van der Waals surface area contributed by atoms with E-state index in [4.69, 9.17) is 4.52 Å². The first-order chi connectivity index (χ1) is 13.8. The molecule has 0 bridgehead atoms. The Kier molecular flexibility index (Phi) is 4.89. The summed E-state index contributed by atoms with van der Waals surface area (Å²) in [6, 6.07) is 10.6. The second-order valence-corrected chi connectivity index (χ2v) is 9.19. The maximum absolute atomic E-state index is 13.1. The molecule has 0 amide bonds. The molecule has 148 valence electrons. The number of anilines is 1. The van der Waals surface area contributed by atoms with Gasteiger partial charge in [0.15, 0.2) is 0 Å². The highest BCUT2D eigenvalue weighted by molar-refractivity contribution is 7.93. The van der Waals surface area contributed by atoms with Crippen LogP contribution in [0.1, 0.15) is 10.4 Å². The quantitative estimate of drug-likeness (QED) is 0.503. The number of nitrogens with one attached hydrogen (secondary N) is 1. The van der Waals surface area contributed by atoms with Gasteiger partial charge in [-0.1, -0.05) is 5.16 Å². The number of rotatable bonds is 5. The van der Waals surface area contributed by atoms with E-state index < -0.39 is 10.0 Å². The Morgan fingerprint density at radius 1 is 1.10 bits per heavy atom. The molecule has 3 aromatic heterocycles.